The maximum absolute atomic E-state index is 11.2. The van der Waals surface area contributed by atoms with E-state index in [4.69, 9.17) is 4.74 Å². The minimum absolute atomic E-state index is 0.0878. The summed E-state index contributed by atoms with van der Waals surface area (Å²) in [5, 5.41) is 30.5. The van der Waals surface area contributed by atoms with Gasteiger partial charge in [0.2, 0.25) is 0 Å². The molecule has 0 aromatic carbocycles. The van der Waals surface area contributed by atoms with Crippen molar-refractivity contribution < 1.29 is 19.7 Å². The molecular formula is C12H17N5O4. The molecule has 114 valence electrons. The predicted molar refractivity (Wildman–Crippen MR) is 71.7 cm³/mol. The minimum Gasteiger partial charge on any atom is -0.476 e. The Bertz CT molecular complexity index is 621. The van der Waals surface area contributed by atoms with E-state index in [-0.39, 0.29) is 18.8 Å². The quantitative estimate of drug-likeness (QED) is 0.725. The van der Waals surface area contributed by atoms with E-state index in [9.17, 15) is 15.0 Å². The summed E-state index contributed by atoms with van der Waals surface area (Å²) in [6.45, 7) is 2.55. The second-order valence-corrected chi connectivity index (χ2v) is 4.49. The van der Waals surface area contributed by atoms with Gasteiger partial charge in [0.1, 0.15) is 5.69 Å². The number of carboxylic acids is 1. The van der Waals surface area contributed by atoms with Crippen LogP contribution in [0, 0.1) is 0 Å². The largest absolute Gasteiger partial charge is 0.476 e. The van der Waals surface area contributed by atoms with E-state index >= 15 is 0 Å². The fourth-order valence-electron chi connectivity index (χ4n) is 1.92. The molecule has 1 atom stereocenters. The van der Waals surface area contributed by atoms with Crippen molar-refractivity contribution in [2.75, 3.05) is 13.2 Å². The van der Waals surface area contributed by atoms with Gasteiger partial charge in [-0.1, -0.05) is 5.21 Å². The van der Waals surface area contributed by atoms with Crippen LogP contribution in [0.1, 0.15) is 17.4 Å². The predicted octanol–water partition coefficient (Wildman–Crippen LogP) is -0.226. The Labute approximate surface area is 120 Å². The second kappa shape index (κ2) is 6.46. The first kappa shape index (κ1) is 15.1. The Kier molecular flexibility index (Phi) is 4.66. The first-order chi connectivity index (χ1) is 10.0. The Morgan fingerprint density at radius 1 is 1.52 bits per heavy atom. The normalized spacial score (nSPS) is 12.5. The molecule has 2 aromatic rings. The second-order valence-electron chi connectivity index (χ2n) is 4.49. The van der Waals surface area contributed by atoms with Crippen molar-refractivity contribution in [1.82, 2.24) is 24.8 Å². The van der Waals surface area contributed by atoms with E-state index in [0.717, 1.165) is 0 Å². The fourth-order valence-corrected chi connectivity index (χ4v) is 1.92. The molecule has 0 fully saturated rings. The van der Waals surface area contributed by atoms with Crippen LogP contribution in [0.25, 0.3) is 11.3 Å². The van der Waals surface area contributed by atoms with E-state index in [1.807, 2.05) is 6.92 Å². The SMILES string of the molecule is CCOCC(O)Cn1nnc(C(=O)O)c1-c1cnn(C)c1. The zero-order chi connectivity index (χ0) is 15.4. The van der Waals surface area contributed by atoms with Crippen molar-refractivity contribution in [3.05, 3.63) is 18.1 Å². The molecule has 2 rings (SSSR count). The van der Waals surface area contributed by atoms with Crippen LogP contribution in [0.3, 0.4) is 0 Å². The number of aromatic carboxylic acids is 1. The van der Waals surface area contributed by atoms with Crippen molar-refractivity contribution in [2.24, 2.45) is 7.05 Å². The maximum atomic E-state index is 11.2. The third kappa shape index (κ3) is 3.44. The first-order valence-electron chi connectivity index (χ1n) is 6.44. The number of aromatic nitrogens is 5. The van der Waals surface area contributed by atoms with Gasteiger partial charge in [-0.25, -0.2) is 9.48 Å². The number of rotatable bonds is 7. The molecule has 2 aromatic heterocycles. The Hall–Kier alpha value is -2.26. The summed E-state index contributed by atoms with van der Waals surface area (Å²) in [4.78, 5) is 11.2. The number of aliphatic hydroxyl groups excluding tert-OH is 1. The van der Waals surface area contributed by atoms with Crippen LogP contribution in [0.4, 0.5) is 0 Å². The Morgan fingerprint density at radius 3 is 2.86 bits per heavy atom. The molecule has 0 aliphatic heterocycles. The van der Waals surface area contributed by atoms with E-state index in [1.54, 1.807) is 17.9 Å². The molecule has 9 heteroatoms. The van der Waals surface area contributed by atoms with Gasteiger partial charge in [-0.2, -0.15) is 5.10 Å². The molecule has 2 heterocycles. The highest BCUT2D eigenvalue weighted by atomic mass is 16.5. The molecule has 2 N–H and O–H groups in total. The number of aliphatic hydroxyl groups is 1. The highest BCUT2D eigenvalue weighted by Crippen LogP contribution is 2.22. The Morgan fingerprint density at radius 2 is 2.29 bits per heavy atom. The lowest BCUT2D eigenvalue weighted by molar-refractivity contribution is 0.0316. The highest BCUT2D eigenvalue weighted by molar-refractivity contribution is 5.92. The number of nitrogens with zero attached hydrogens (tertiary/aromatic N) is 5. The van der Waals surface area contributed by atoms with Crippen LogP contribution < -0.4 is 0 Å². The first-order valence-corrected chi connectivity index (χ1v) is 6.44. The summed E-state index contributed by atoms with van der Waals surface area (Å²) in [5.41, 5.74) is 0.710. The summed E-state index contributed by atoms with van der Waals surface area (Å²) in [5.74, 6) is -1.18. The maximum Gasteiger partial charge on any atom is 0.358 e. The van der Waals surface area contributed by atoms with E-state index in [2.05, 4.69) is 15.4 Å². The molecule has 0 spiro atoms. The molecule has 0 amide bonds. The van der Waals surface area contributed by atoms with Gasteiger partial charge in [-0.05, 0) is 6.92 Å². The topological polar surface area (TPSA) is 115 Å². The summed E-state index contributed by atoms with van der Waals surface area (Å²) < 4.78 is 8.03. The van der Waals surface area contributed by atoms with Crippen molar-refractivity contribution in [3.8, 4) is 11.3 Å². The van der Waals surface area contributed by atoms with Gasteiger partial charge in [0, 0.05) is 25.4 Å². The van der Waals surface area contributed by atoms with Gasteiger partial charge in [0.15, 0.2) is 5.69 Å². The lowest BCUT2D eigenvalue weighted by Gasteiger charge is -2.11. The standard InChI is InChI=1S/C12H17N5O4/c1-3-21-7-9(18)6-17-11(8-4-13-16(2)5-8)10(12(19)20)14-15-17/h4-5,9,18H,3,6-7H2,1-2H3,(H,19,20). The van der Waals surface area contributed by atoms with Gasteiger partial charge in [0.25, 0.3) is 0 Å². The molecular weight excluding hydrogens is 278 g/mol. The number of hydrogen-bond donors (Lipinski definition) is 2. The molecule has 0 aliphatic rings. The highest BCUT2D eigenvalue weighted by Gasteiger charge is 2.22. The van der Waals surface area contributed by atoms with Gasteiger partial charge in [0.05, 0.1) is 25.5 Å². The van der Waals surface area contributed by atoms with E-state index < -0.39 is 12.1 Å². The average Bonchev–Trinajstić information content (AvgIpc) is 3.02. The smallest absolute Gasteiger partial charge is 0.358 e. The van der Waals surface area contributed by atoms with Crippen LogP contribution in [0.2, 0.25) is 0 Å². The molecule has 21 heavy (non-hydrogen) atoms. The average molecular weight is 295 g/mol. The monoisotopic (exact) mass is 295 g/mol. The van der Waals surface area contributed by atoms with Gasteiger partial charge in [-0.3, -0.25) is 4.68 Å². The van der Waals surface area contributed by atoms with E-state index in [0.29, 0.717) is 17.9 Å². The molecule has 1 unspecified atom stereocenters. The molecule has 0 saturated heterocycles. The third-order valence-electron chi connectivity index (χ3n) is 2.81. The van der Waals surface area contributed by atoms with Crippen molar-refractivity contribution >= 4 is 5.97 Å². The van der Waals surface area contributed by atoms with Gasteiger partial charge < -0.3 is 14.9 Å². The van der Waals surface area contributed by atoms with E-state index in [1.165, 1.54) is 10.9 Å². The summed E-state index contributed by atoms with van der Waals surface area (Å²) in [6.07, 6.45) is 2.39. The molecule has 0 radical (unpaired) electrons. The fraction of sp³-hybridized carbons (Fsp3) is 0.500. The molecule has 0 aliphatic carbocycles. The lowest BCUT2D eigenvalue weighted by atomic mass is 10.2. The lowest BCUT2D eigenvalue weighted by Crippen LogP contribution is -2.23. The number of hydrogen-bond acceptors (Lipinski definition) is 6. The van der Waals surface area contributed by atoms with Crippen LogP contribution in [-0.2, 0) is 18.3 Å². The number of carbonyl (C=O) groups is 1. The van der Waals surface area contributed by atoms with Crippen molar-refractivity contribution in [1.29, 1.82) is 0 Å². The molecule has 0 bridgehead atoms. The number of carboxylic acid groups (broad SMARTS) is 1. The minimum atomic E-state index is -1.18. The molecule has 9 nitrogen and oxygen atoms in total. The third-order valence-corrected chi connectivity index (χ3v) is 2.81. The van der Waals surface area contributed by atoms with Crippen LogP contribution in [0.5, 0.6) is 0 Å². The van der Waals surface area contributed by atoms with Gasteiger partial charge >= 0.3 is 5.97 Å². The zero-order valence-electron chi connectivity index (χ0n) is 11.8. The van der Waals surface area contributed by atoms with Crippen LogP contribution >= 0.6 is 0 Å². The van der Waals surface area contributed by atoms with Crippen molar-refractivity contribution in [3.63, 3.8) is 0 Å². The number of aryl methyl sites for hydroxylation is 1. The van der Waals surface area contributed by atoms with Crippen molar-refractivity contribution in [2.45, 2.75) is 19.6 Å². The van der Waals surface area contributed by atoms with Crippen LogP contribution in [-0.4, -0.2) is 60.3 Å². The molecule has 0 saturated carbocycles. The summed E-state index contributed by atoms with van der Waals surface area (Å²) >= 11 is 0. The Balaban J connectivity index is 2.31. The van der Waals surface area contributed by atoms with Crippen LogP contribution in [0.15, 0.2) is 12.4 Å². The summed E-state index contributed by atoms with van der Waals surface area (Å²) in [6, 6.07) is 0. The zero-order valence-corrected chi connectivity index (χ0v) is 11.8. The summed E-state index contributed by atoms with van der Waals surface area (Å²) in [7, 11) is 1.72. The number of ether oxygens (including phenoxy) is 1. The van der Waals surface area contributed by atoms with Gasteiger partial charge in [-0.15, -0.1) is 5.10 Å².